The first kappa shape index (κ1) is 30.3. The molecule has 10 nitrogen and oxygen atoms in total. The van der Waals surface area contributed by atoms with Gasteiger partial charge in [-0.05, 0) is 79.5 Å². The zero-order valence-corrected chi connectivity index (χ0v) is 23.3. The Morgan fingerprint density at radius 3 is 2.29 bits per heavy atom. The van der Waals surface area contributed by atoms with E-state index in [1.54, 1.807) is 11.2 Å². The average molecular weight is 596 g/mol. The topological polar surface area (TPSA) is 150 Å². The number of carbonyl (C=O) groups is 2. The molecule has 0 saturated carbocycles. The van der Waals surface area contributed by atoms with E-state index in [1.165, 1.54) is 12.8 Å². The van der Waals surface area contributed by atoms with Crippen molar-refractivity contribution < 1.29 is 36.3 Å². The second-order valence-electron chi connectivity index (χ2n) is 10.0. The number of carboxylic acid groups (broad SMARTS) is 1. The van der Waals surface area contributed by atoms with Gasteiger partial charge in [0, 0.05) is 44.0 Å². The number of nitrogens with two attached hydrogens (primary N) is 1. The molecule has 0 aliphatic carbocycles. The highest BCUT2D eigenvalue weighted by molar-refractivity contribution is 7.89. The van der Waals surface area contributed by atoms with E-state index in [0.29, 0.717) is 18.7 Å². The molecule has 0 bridgehead atoms. The average Bonchev–Trinajstić information content (AvgIpc) is 3.63. The number of anilines is 1. The van der Waals surface area contributed by atoms with Crippen LogP contribution in [0, 0.1) is 0 Å². The van der Waals surface area contributed by atoms with Gasteiger partial charge in [-0.15, -0.1) is 0 Å². The number of nitrogens with one attached hydrogen (secondary N) is 1. The Labute approximate surface area is 235 Å². The minimum absolute atomic E-state index is 0.126. The number of amides is 1. The summed E-state index contributed by atoms with van der Waals surface area (Å²) >= 11 is 0. The number of benzene rings is 1. The number of H-pyrrole nitrogens is 1. The van der Waals surface area contributed by atoms with E-state index in [9.17, 15) is 26.4 Å². The first-order valence-corrected chi connectivity index (χ1v) is 14.9. The van der Waals surface area contributed by atoms with E-state index in [2.05, 4.69) is 27.0 Å². The van der Waals surface area contributed by atoms with E-state index in [0.717, 1.165) is 59.3 Å². The minimum atomic E-state index is -5.08. The lowest BCUT2D eigenvalue weighted by Gasteiger charge is -2.31. The molecule has 0 atom stereocenters. The summed E-state index contributed by atoms with van der Waals surface area (Å²) in [7, 11) is -3.17. The monoisotopic (exact) mass is 595 g/mol. The fourth-order valence-corrected chi connectivity index (χ4v) is 6.43. The Morgan fingerprint density at radius 2 is 1.73 bits per heavy atom. The van der Waals surface area contributed by atoms with Gasteiger partial charge in [0.2, 0.25) is 10.0 Å². The van der Waals surface area contributed by atoms with Crippen molar-refractivity contribution in [1.82, 2.24) is 14.3 Å². The molecule has 2 fully saturated rings. The molecule has 4 heterocycles. The summed E-state index contributed by atoms with van der Waals surface area (Å²) in [6, 6.07) is 8.01. The van der Waals surface area contributed by atoms with Crippen LogP contribution in [0.3, 0.4) is 0 Å². The highest BCUT2D eigenvalue weighted by atomic mass is 32.2. The summed E-state index contributed by atoms with van der Waals surface area (Å²) in [5, 5.41) is 8.10. The molecule has 2 aliphatic heterocycles. The zero-order chi connectivity index (χ0) is 29.9. The van der Waals surface area contributed by atoms with E-state index < -0.39 is 28.1 Å². The second-order valence-corrected chi connectivity index (χ2v) is 12.3. The lowest BCUT2D eigenvalue weighted by atomic mass is 9.88. The number of aromatic nitrogens is 2. The summed E-state index contributed by atoms with van der Waals surface area (Å²) in [5.74, 6) is -1.94. The highest BCUT2D eigenvalue weighted by Crippen LogP contribution is 2.37. The molecule has 222 valence electrons. The molecule has 0 unspecified atom stereocenters. The predicted molar refractivity (Wildman–Crippen MR) is 148 cm³/mol. The van der Waals surface area contributed by atoms with Gasteiger partial charge >= 0.3 is 12.1 Å². The van der Waals surface area contributed by atoms with Crippen LogP contribution < -0.4 is 10.6 Å². The molecular formula is C27H32F3N5O5S. The number of pyridine rings is 1. The third-order valence-electron chi connectivity index (χ3n) is 7.49. The van der Waals surface area contributed by atoms with Crippen LogP contribution >= 0.6 is 0 Å². The fraction of sp³-hybridized carbons (Fsp3) is 0.444. The highest BCUT2D eigenvalue weighted by Gasteiger charge is 2.38. The van der Waals surface area contributed by atoms with Gasteiger partial charge in [-0.1, -0.05) is 0 Å². The number of alkyl halides is 3. The van der Waals surface area contributed by atoms with Gasteiger partial charge in [-0.25, -0.2) is 22.5 Å². The van der Waals surface area contributed by atoms with Crippen molar-refractivity contribution in [2.75, 3.05) is 36.8 Å². The van der Waals surface area contributed by atoms with Crippen molar-refractivity contribution in [3.63, 3.8) is 0 Å². The molecule has 1 aromatic carbocycles. The summed E-state index contributed by atoms with van der Waals surface area (Å²) < 4.78 is 57.9. The number of aliphatic carboxylic acids is 1. The lowest BCUT2D eigenvalue weighted by Crippen LogP contribution is -2.38. The molecule has 0 radical (unpaired) electrons. The van der Waals surface area contributed by atoms with Crippen LogP contribution in [0.1, 0.15) is 54.4 Å². The quantitative estimate of drug-likeness (QED) is 0.389. The SMILES string of the molecule is CCS(=O)(=O)N1CCC(c2c[nH]c3c(C(N)=O)cc(-c4ccnc(N5CCCC5)c4)cc23)CC1.O=C(O)C(F)(F)F. The van der Waals surface area contributed by atoms with Crippen LogP contribution in [0.25, 0.3) is 22.0 Å². The number of halogens is 3. The van der Waals surface area contributed by atoms with Crippen molar-refractivity contribution in [3.05, 3.63) is 47.8 Å². The number of carboxylic acids is 1. The predicted octanol–water partition coefficient (Wildman–Crippen LogP) is 4.09. The Balaban J connectivity index is 0.000000493. The van der Waals surface area contributed by atoms with Crippen molar-refractivity contribution in [3.8, 4) is 11.1 Å². The van der Waals surface area contributed by atoms with Gasteiger partial charge in [0.05, 0.1) is 16.8 Å². The van der Waals surface area contributed by atoms with Gasteiger partial charge in [0.25, 0.3) is 5.91 Å². The third kappa shape index (κ3) is 6.81. The van der Waals surface area contributed by atoms with Crippen molar-refractivity contribution in [1.29, 1.82) is 0 Å². The Kier molecular flexibility index (Phi) is 8.92. The summed E-state index contributed by atoms with van der Waals surface area (Å²) in [6.45, 7) is 4.73. The Hall–Kier alpha value is -3.65. The Morgan fingerprint density at radius 1 is 1.10 bits per heavy atom. The van der Waals surface area contributed by atoms with Crippen LogP contribution in [-0.2, 0) is 14.8 Å². The standard InChI is InChI=1S/C25H31N5O3S.C2HF3O2/c1-2-34(32,33)30-11-6-17(7-12-30)22-16-28-24-20(22)13-19(14-21(24)25(26)31)18-5-8-27-23(15-18)29-9-3-4-10-29;3-2(4,5)1(6)7/h5,8,13-17,28H,2-4,6-7,9-12H2,1H3,(H2,26,31);(H,6,7). The molecule has 2 aliphatic rings. The number of primary amides is 1. The van der Waals surface area contributed by atoms with Gasteiger partial charge in [-0.2, -0.15) is 13.2 Å². The number of carbonyl (C=O) groups excluding carboxylic acids is 1. The summed E-state index contributed by atoms with van der Waals surface area (Å²) in [6.07, 6.45) is 2.54. The lowest BCUT2D eigenvalue weighted by molar-refractivity contribution is -0.192. The molecule has 4 N–H and O–H groups in total. The number of rotatable bonds is 6. The van der Waals surface area contributed by atoms with Crippen LogP contribution in [0.4, 0.5) is 19.0 Å². The van der Waals surface area contributed by atoms with Crippen LogP contribution in [0.2, 0.25) is 0 Å². The van der Waals surface area contributed by atoms with Crippen molar-refractivity contribution in [2.45, 2.75) is 44.7 Å². The zero-order valence-electron chi connectivity index (χ0n) is 22.4. The van der Waals surface area contributed by atoms with E-state index in [4.69, 9.17) is 15.6 Å². The molecule has 0 spiro atoms. The third-order valence-corrected chi connectivity index (χ3v) is 9.37. The molecule has 5 rings (SSSR count). The van der Waals surface area contributed by atoms with Crippen LogP contribution in [0.5, 0.6) is 0 Å². The van der Waals surface area contributed by atoms with E-state index in [1.807, 2.05) is 24.5 Å². The Bertz CT molecular complexity index is 1530. The smallest absolute Gasteiger partial charge is 0.475 e. The molecule has 1 amide bonds. The van der Waals surface area contributed by atoms with Crippen molar-refractivity contribution >= 4 is 38.6 Å². The molecule has 41 heavy (non-hydrogen) atoms. The number of hydrogen-bond donors (Lipinski definition) is 3. The van der Waals surface area contributed by atoms with Gasteiger partial charge < -0.3 is 20.7 Å². The van der Waals surface area contributed by atoms with Gasteiger partial charge in [0.1, 0.15) is 5.82 Å². The normalized spacial score (nSPS) is 16.9. The van der Waals surface area contributed by atoms with Gasteiger partial charge in [-0.3, -0.25) is 4.79 Å². The van der Waals surface area contributed by atoms with E-state index in [-0.39, 0.29) is 11.7 Å². The summed E-state index contributed by atoms with van der Waals surface area (Å²) in [4.78, 5) is 31.4. The maximum atomic E-state index is 12.4. The van der Waals surface area contributed by atoms with Crippen LogP contribution in [0.15, 0.2) is 36.7 Å². The summed E-state index contributed by atoms with van der Waals surface area (Å²) in [5.41, 5.74) is 10.0. The number of fused-ring (bicyclic) bond motifs is 1. The molecular weight excluding hydrogens is 563 g/mol. The largest absolute Gasteiger partial charge is 0.490 e. The minimum Gasteiger partial charge on any atom is -0.475 e. The molecule has 14 heteroatoms. The number of aromatic amines is 1. The maximum absolute atomic E-state index is 12.4. The molecule has 3 aromatic rings. The number of piperidine rings is 1. The fourth-order valence-electron chi connectivity index (χ4n) is 5.30. The number of nitrogens with zero attached hydrogens (tertiary/aromatic N) is 3. The second kappa shape index (κ2) is 12.1. The van der Waals surface area contributed by atoms with Crippen LogP contribution in [-0.4, -0.2) is 77.8 Å². The first-order chi connectivity index (χ1) is 19.3. The van der Waals surface area contributed by atoms with Crippen molar-refractivity contribution in [2.24, 2.45) is 5.73 Å². The number of hydrogen-bond acceptors (Lipinski definition) is 6. The molecule has 2 saturated heterocycles. The molecule has 2 aromatic heterocycles. The van der Waals surface area contributed by atoms with Gasteiger partial charge in [0.15, 0.2) is 0 Å². The first-order valence-electron chi connectivity index (χ1n) is 13.3. The maximum Gasteiger partial charge on any atom is 0.490 e. The van der Waals surface area contributed by atoms with E-state index >= 15 is 0 Å². The number of sulfonamides is 1.